The van der Waals surface area contributed by atoms with Crippen molar-refractivity contribution >= 4 is 41.3 Å². The maximum absolute atomic E-state index is 13.5. The summed E-state index contributed by atoms with van der Waals surface area (Å²) in [5.74, 6) is -1.85. The number of carbonyl (C=O) groups excluding carboxylic acids is 3. The van der Waals surface area contributed by atoms with Crippen molar-refractivity contribution < 1.29 is 29.0 Å². The third kappa shape index (κ3) is 6.04. The summed E-state index contributed by atoms with van der Waals surface area (Å²) >= 11 is 1.34. The van der Waals surface area contributed by atoms with E-state index in [1.165, 1.54) is 28.8 Å². The van der Waals surface area contributed by atoms with E-state index in [4.69, 9.17) is 10.5 Å². The molecule has 9 nitrogen and oxygen atoms in total. The zero-order valence-electron chi connectivity index (χ0n) is 18.5. The van der Waals surface area contributed by atoms with Gasteiger partial charge in [0.1, 0.15) is 11.6 Å². The number of carboxylic acid groups (broad SMARTS) is 1. The second-order valence-electron chi connectivity index (χ2n) is 8.48. The third-order valence-corrected chi connectivity index (χ3v) is 5.89. The maximum atomic E-state index is 13.5. The Kier molecular flexibility index (Phi) is 6.97. The third-order valence-electron chi connectivity index (χ3n) is 4.74. The lowest BCUT2D eigenvalue weighted by molar-refractivity contribution is -0.120. The molecule has 2 aromatic rings. The molecular formula is C23H25N3O6S. The Morgan fingerprint density at radius 3 is 2.36 bits per heavy atom. The van der Waals surface area contributed by atoms with Crippen molar-refractivity contribution in [2.75, 3.05) is 10.7 Å². The number of carboxylic acids is 1. The molecule has 0 radical (unpaired) electrons. The molecule has 33 heavy (non-hydrogen) atoms. The molecule has 0 saturated heterocycles. The number of aromatic carboxylic acids is 1. The number of amides is 3. The summed E-state index contributed by atoms with van der Waals surface area (Å²) in [5, 5.41) is 12.1. The van der Waals surface area contributed by atoms with Gasteiger partial charge in [-0.3, -0.25) is 9.59 Å². The number of nitrogens with zero attached hydrogens (tertiary/aromatic N) is 1. The Bertz CT molecular complexity index is 1090. The predicted octanol–water partition coefficient (Wildman–Crippen LogP) is 3.02. The van der Waals surface area contributed by atoms with Gasteiger partial charge in [-0.05, 0) is 56.7 Å². The number of hydrogen-bond donors (Lipinski definition) is 3. The van der Waals surface area contributed by atoms with E-state index in [0.29, 0.717) is 21.7 Å². The molecule has 0 unspecified atom stereocenters. The highest BCUT2D eigenvalue weighted by Gasteiger charge is 2.33. The lowest BCUT2D eigenvalue weighted by Crippen LogP contribution is -2.50. The van der Waals surface area contributed by atoms with E-state index >= 15 is 0 Å². The van der Waals surface area contributed by atoms with E-state index in [1.807, 2.05) is 0 Å². The van der Waals surface area contributed by atoms with Crippen LogP contribution in [-0.2, 0) is 16.1 Å². The average Bonchev–Trinajstić information content (AvgIpc) is 2.84. The Hall–Kier alpha value is -3.53. The number of rotatable bonds is 5. The number of nitrogens with one attached hydrogen (secondary N) is 1. The first-order valence-electron chi connectivity index (χ1n) is 10.1. The number of fused-ring (bicyclic) bond motifs is 1. The van der Waals surface area contributed by atoms with Crippen molar-refractivity contribution in [1.29, 1.82) is 0 Å². The minimum atomic E-state index is -1.12. The van der Waals surface area contributed by atoms with Crippen molar-refractivity contribution in [3.63, 3.8) is 0 Å². The lowest BCUT2D eigenvalue weighted by Gasteiger charge is -2.27. The highest BCUT2D eigenvalue weighted by atomic mass is 32.2. The number of ether oxygens (including phenoxy) is 1. The standard InChI is InChI=1S/C23H25N3O6S/c1-23(2,3)32-22(31)25-16-12-33-18-9-8-15(21(29)30)10-17(18)26(20(16)28)11-13-4-6-14(7-5-13)19(24)27/h4-10,16H,11-12H2,1-3H3,(H2,24,27)(H,25,31)(H,29,30)/t16-/m0/s1. The fourth-order valence-corrected chi connectivity index (χ4v) is 4.26. The fourth-order valence-electron chi connectivity index (χ4n) is 3.21. The minimum absolute atomic E-state index is 0.0368. The number of anilines is 1. The summed E-state index contributed by atoms with van der Waals surface area (Å²) in [6, 6.07) is 10.1. The van der Waals surface area contributed by atoms with Gasteiger partial charge in [0.05, 0.1) is 17.8 Å². The summed E-state index contributed by atoms with van der Waals surface area (Å²) in [4.78, 5) is 50.9. The van der Waals surface area contributed by atoms with Gasteiger partial charge in [-0.2, -0.15) is 0 Å². The molecule has 0 spiro atoms. The molecule has 2 aromatic carbocycles. The van der Waals surface area contributed by atoms with Gasteiger partial charge in [0.15, 0.2) is 0 Å². The summed E-state index contributed by atoms with van der Waals surface area (Å²) < 4.78 is 5.29. The van der Waals surface area contributed by atoms with Gasteiger partial charge in [0, 0.05) is 16.2 Å². The summed E-state index contributed by atoms with van der Waals surface area (Å²) in [6.45, 7) is 5.27. The van der Waals surface area contributed by atoms with E-state index in [0.717, 1.165) is 0 Å². The normalized spacial score (nSPS) is 15.9. The molecule has 10 heteroatoms. The molecule has 0 saturated carbocycles. The second-order valence-corrected chi connectivity index (χ2v) is 9.54. The van der Waals surface area contributed by atoms with Crippen molar-refractivity contribution in [3.05, 3.63) is 59.2 Å². The highest BCUT2D eigenvalue weighted by molar-refractivity contribution is 7.99. The Morgan fingerprint density at radius 2 is 1.79 bits per heavy atom. The first kappa shape index (κ1) is 24.1. The molecule has 1 aliphatic heterocycles. The average molecular weight is 472 g/mol. The largest absolute Gasteiger partial charge is 0.478 e. The summed E-state index contributed by atoms with van der Waals surface area (Å²) in [5.41, 5.74) is 6.05. The van der Waals surface area contributed by atoms with Gasteiger partial charge in [0.2, 0.25) is 5.91 Å². The van der Waals surface area contributed by atoms with Crippen LogP contribution in [0.3, 0.4) is 0 Å². The van der Waals surface area contributed by atoms with Crippen LogP contribution in [0.15, 0.2) is 47.4 Å². The van der Waals surface area contributed by atoms with Crippen LogP contribution in [0.5, 0.6) is 0 Å². The van der Waals surface area contributed by atoms with Gasteiger partial charge in [0.25, 0.3) is 5.91 Å². The lowest BCUT2D eigenvalue weighted by atomic mass is 10.1. The first-order chi connectivity index (χ1) is 15.4. The Balaban J connectivity index is 1.96. The Morgan fingerprint density at radius 1 is 1.15 bits per heavy atom. The number of hydrogen-bond acceptors (Lipinski definition) is 6. The number of nitrogens with two attached hydrogens (primary N) is 1. The molecule has 4 N–H and O–H groups in total. The number of thioether (sulfide) groups is 1. The molecular weight excluding hydrogens is 446 g/mol. The van der Waals surface area contributed by atoms with E-state index in [-0.39, 0.29) is 17.9 Å². The van der Waals surface area contributed by atoms with Crippen LogP contribution in [-0.4, -0.2) is 46.4 Å². The van der Waals surface area contributed by atoms with Gasteiger partial charge in [-0.25, -0.2) is 9.59 Å². The van der Waals surface area contributed by atoms with Crippen LogP contribution >= 0.6 is 11.8 Å². The zero-order chi connectivity index (χ0) is 24.3. The minimum Gasteiger partial charge on any atom is -0.478 e. The fraction of sp³-hybridized carbons (Fsp3) is 0.304. The molecule has 0 bridgehead atoms. The smallest absolute Gasteiger partial charge is 0.408 e. The van der Waals surface area contributed by atoms with Gasteiger partial charge >= 0.3 is 12.1 Å². The van der Waals surface area contributed by atoms with Gasteiger partial charge < -0.3 is 25.8 Å². The van der Waals surface area contributed by atoms with Crippen molar-refractivity contribution in [2.24, 2.45) is 5.73 Å². The SMILES string of the molecule is CC(C)(C)OC(=O)N[C@H]1CSc2ccc(C(=O)O)cc2N(Cc2ccc(C(N)=O)cc2)C1=O. The molecule has 1 atom stereocenters. The van der Waals surface area contributed by atoms with Crippen LogP contribution in [0.25, 0.3) is 0 Å². The molecule has 1 aliphatic rings. The second kappa shape index (κ2) is 9.53. The summed E-state index contributed by atoms with van der Waals surface area (Å²) in [6.07, 6.45) is -0.718. The number of alkyl carbamates (subject to hydrolysis) is 1. The quantitative estimate of drug-likeness (QED) is 0.609. The number of benzene rings is 2. The molecule has 0 aliphatic carbocycles. The van der Waals surface area contributed by atoms with Gasteiger partial charge in [-0.1, -0.05) is 12.1 Å². The summed E-state index contributed by atoms with van der Waals surface area (Å²) in [7, 11) is 0. The number of primary amides is 1. The maximum Gasteiger partial charge on any atom is 0.408 e. The predicted molar refractivity (Wildman–Crippen MR) is 123 cm³/mol. The van der Waals surface area contributed by atoms with Crippen LogP contribution in [0, 0.1) is 0 Å². The van der Waals surface area contributed by atoms with Crippen LogP contribution in [0.4, 0.5) is 10.5 Å². The molecule has 0 aromatic heterocycles. The number of carbonyl (C=O) groups is 4. The van der Waals surface area contributed by atoms with E-state index in [1.54, 1.807) is 51.1 Å². The molecule has 0 fully saturated rings. The molecule has 3 amide bonds. The monoisotopic (exact) mass is 471 g/mol. The molecule has 1 heterocycles. The molecule has 3 rings (SSSR count). The van der Waals surface area contributed by atoms with Crippen LogP contribution in [0.2, 0.25) is 0 Å². The zero-order valence-corrected chi connectivity index (χ0v) is 19.3. The van der Waals surface area contributed by atoms with Crippen LogP contribution < -0.4 is 16.0 Å². The Labute approximate surface area is 195 Å². The van der Waals surface area contributed by atoms with Crippen LogP contribution in [0.1, 0.15) is 47.1 Å². The van der Waals surface area contributed by atoms with E-state index in [9.17, 15) is 24.3 Å². The van der Waals surface area contributed by atoms with E-state index < -0.39 is 35.5 Å². The topological polar surface area (TPSA) is 139 Å². The van der Waals surface area contributed by atoms with E-state index in [2.05, 4.69) is 5.32 Å². The van der Waals surface area contributed by atoms with Crippen molar-refractivity contribution in [3.8, 4) is 0 Å². The highest BCUT2D eigenvalue weighted by Crippen LogP contribution is 2.36. The molecule has 174 valence electrons. The van der Waals surface area contributed by atoms with Crippen molar-refractivity contribution in [1.82, 2.24) is 5.32 Å². The van der Waals surface area contributed by atoms with Gasteiger partial charge in [-0.15, -0.1) is 11.8 Å². The first-order valence-corrected chi connectivity index (χ1v) is 11.1. The van der Waals surface area contributed by atoms with Crippen molar-refractivity contribution in [2.45, 2.75) is 43.9 Å².